The Balaban J connectivity index is 1.85. The molecule has 3 nitrogen and oxygen atoms in total. The second-order valence-electron chi connectivity index (χ2n) is 5.08. The van der Waals surface area contributed by atoms with Crippen molar-refractivity contribution in [2.45, 2.75) is 31.2 Å². The fourth-order valence-electron chi connectivity index (χ4n) is 2.11. The number of benzene rings is 1. The van der Waals surface area contributed by atoms with Crippen molar-refractivity contribution in [2.75, 3.05) is 0 Å². The maximum absolute atomic E-state index is 9.44. The summed E-state index contributed by atoms with van der Waals surface area (Å²) >= 11 is 0. The monoisotopic (exact) mass is 228 g/mol. The fourth-order valence-corrected chi connectivity index (χ4v) is 2.11. The van der Waals surface area contributed by atoms with Crippen molar-refractivity contribution in [3.63, 3.8) is 0 Å². The molecule has 0 atom stereocenters. The first kappa shape index (κ1) is 10.5. The minimum absolute atomic E-state index is 0.0911. The second kappa shape index (κ2) is 3.70. The zero-order valence-corrected chi connectivity index (χ0v) is 9.69. The van der Waals surface area contributed by atoms with E-state index in [1.807, 2.05) is 12.3 Å². The van der Waals surface area contributed by atoms with Crippen LogP contribution in [0.3, 0.4) is 0 Å². The van der Waals surface area contributed by atoms with Crippen LogP contribution >= 0.6 is 0 Å². The average molecular weight is 228 g/mol. The molecule has 3 N–H and O–H groups in total. The van der Waals surface area contributed by atoms with Crippen molar-refractivity contribution in [2.24, 2.45) is 5.73 Å². The largest absolute Gasteiger partial charge is 0.508 e. The van der Waals surface area contributed by atoms with Crippen molar-refractivity contribution in [1.82, 2.24) is 4.98 Å². The van der Waals surface area contributed by atoms with Gasteiger partial charge < -0.3 is 10.8 Å². The molecule has 17 heavy (non-hydrogen) atoms. The summed E-state index contributed by atoms with van der Waals surface area (Å²) in [5, 5.41) is 10.4. The number of aromatic hydroxyl groups is 1. The topological polar surface area (TPSA) is 59.1 Å². The predicted octanol–water partition coefficient (Wildman–Crippen LogP) is 2.36. The van der Waals surface area contributed by atoms with Gasteiger partial charge in [-0.2, -0.15) is 0 Å². The molecule has 3 rings (SSSR count). The third-order valence-electron chi connectivity index (χ3n) is 3.53. The van der Waals surface area contributed by atoms with Crippen LogP contribution in [0, 0.1) is 0 Å². The lowest BCUT2D eigenvalue weighted by Gasteiger charge is -2.08. The van der Waals surface area contributed by atoms with Gasteiger partial charge in [-0.25, -0.2) is 0 Å². The lowest BCUT2D eigenvalue weighted by atomic mass is 10.0. The molecule has 0 amide bonds. The highest BCUT2D eigenvalue weighted by atomic mass is 16.3. The number of nitrogens with zero attached hydrogens (tertiary/aromatic N) is 1. The van der Waals surface area contributed by atoms with E-state index in [0.717, 1.165) is 36.6 Å². The molecule has 0 saturated heterocycles. The van der Waals surface area contributed by atoms with Crippen molar-refractivity contribution in [1.29, 1.82) is 0 Å². The standard InChI is InChI=1S/C14H16N2O/c15-14(5-6-14)4-3-10-7-11-8-12(17)1-2-13(11)16-9-10/h1-2,7-9,17H,3-6,15H2. The van der Waals surface area contributed by atoms with Crippen molar-refractivity contribution in [3.8, 4) is 5.75 Å². The number of nitrogens with two attached hydrogens (primary N) is 1. The van der Waals surface area contributed by atoms with E-state index in [0.29, 0.717) is 0 Å². The smallest absolute Gasteiger partial charge is 0.116 e. The molecule has 1 aromatic heterocycles. The van der Waals surface area contributed by atoms with Crippen LogP contribution in [0.2, 0.25) is 0 Å². The van der Waals surface area contributed by atoms with Gasteiger partial charge in [0.05, 0.1) is 5.52 Å². The first-order valence-electron chi connectivity index (χ1n) is 6.01. The Morgan fingerprint density at radius 3 is 2.88 bits per heavy atom. The first-order valence-corrected chi connectivity index (χ1v) is 6.01. The Hall–Kier alpha value is -1.61. The summed E-state index contributed by atoms with van der Waals surface area (Å²) < 4.78 is 0. The van der Waals surface area contributed by atoms with Gasteiger partial charge in [0, 0.05) is 17.1 Å². The molecule has 0 unspecified atom stereocenters. The van der Waals surface area contributed by atoms with E-state index in [9.17, 15) is 5.11 Å². The molecule has 0 aliphatic heterocycles. The molecule has 1 fully saturated rings. The van der Waals surface area contributed by atoms with E-state index >= 15 is 0 Å². The van der Waals surface area contributed by atoms with Crippen LogP contribution in [0.25, 0.3) is 10.9 Å². The summed E-state index contributed by atoms with van der Waals surface area (Å²) in [7, 11) is 0. The zero-order valence-electron chi connectivity index (χ0n) is 9.69. The van der Waals surface area contributed by atoms with Crippen LogP contribution in [-0.2, 0) is 6.42 Å². The summed E-state index contributed by atoms with van der Waals surface area (Å²) in [6, 6.07) is 7.34. The van der Waals surface area contributed by atoms with Crippen LogP contribution in [-0.4, -0.2) is 15.6 Å². The van der Waals surface area contributed by atoms with Gasteiger partial charge in [-0.1, -0.05) is 0 Å². The zero-order chi connectivity index (χ0) is 11.9. The van der Waals surface area contributed by atoms with Gasteiger partial charge in [0.15, 0.2) is 0 Å². The Labute approximate surface area is 100 Å². The number of hydrogen-bond donors (Lipinski definition) is 2. The number of hydrogen-bond acceptors (Lipinski definition) is 3. The highest BCUT2D eigenvalue weighted by Crippen LogP contribution is 2.36. The van der Waals surface area contributed by atoms with Gasteiger partial charge >= 0.3 is 0 Å². The maximum Gasteiger partial charge on any atom is 0.116 e. The van der Waals surface area contributed by atoms with Gasteiger partial charge in [-0.05, 0) is 55.5 Å². The Kier molecular flexibility index (Phi) is 2.30. The number of aromatic nitrogens is 1. The van der Waals surface area contributed by atoms with E-state index in [-0.39, 0.29) is 11.3 Å². The van der Waals surface area contributed by atoms with Crippen LogP contribution in [0.15, 0.2) is 30.5 Å². The average Bonchev–Trinajstić information content (AvgIpc) is 3.05. The Morgan fingerprint density at radius 2 is 2.12 bits per heavy atom. The highest BCUT2D eigenvalue weighted by molar-refractivity contribution is 5.80. The molecule has 1 aromatic carbocycles. The Bertz CT molecular complexity index is 561. The van der Waals surface area contributed by atoms with Crippen molar-refractivity contribution in [3.05, 3.63) is 36.0 Å². The van der Waals surface area contributed by atoms with E-state index in [4.69, 9.17) is 5.73 Å². The number of pyridine rings is 1. The molecule has 0 bridgehead atoms. The van der Waals surface area contributed by atoms with Gasteiger partial charge in [0.1, 0.15) is 5.75 Å². The molecule has 88 valence electrons. The molecular formula is C14H16N2O. The van der Waals surface area contributed by atoms with Gasteiger partial charge in [-0.15, -0.1) is 0 Å². The fraction of sp³-hybridized carbons (Fsp3) is 0.357. The quantitative estimate of drug-likeness (QED) is 0.847. The Morgan fingerprint density at radius 1 is 1.29 bits per heavy atom. The van der Waals surface area contributed by atoms with E-state index in [1.165, 1.54) is 5.56 Å². The van der Waals surface area contributed by atoms with E-state index < -0.39 is 0 Å². The molecule has 3 heteroatoms. The summed E-state index contributed by atoms with van der Waals surface area (Å²) in [5.41, 5.74) is 8.27. The molecule has 2 aromatic rings. The van der Waals surface area contributed by atoms with E-state index in [2.05, 4.69) is 11.1 Å². The SMILES string of the molecule is NC1(CCc2cnc3ccc(O)cc3c2)CC1. The van der Waals surface area contributed by atoms with Gasteiger partial charge in [-0.3, -0.25) is 4.98 Å². The summed E-state index contributed by atoms with van der Waals surface area (Å²) in [4.78, 5) is 4.39. The maximum atomic E-state index is 9.44. The summed E-state index contributed by atoms with van der Waals surface area (Å²) in [5.74, 6) is 0.286. The van der Waals surface area contributed by atoms with Crippen LogP contribution in [0.5, 0.6) is 5.75 Å². The number of phenols is 1. The molecular weight excluding hydrogens is 212 g/mol. The number of phenolic OH excluding ortho intramolecular Hbond substituents is 1. The predicted molar refractivity (Wildman–Crippen MR) is 67.9 cm³/mol. The van der Waals surface area contributed by atoms with Gasteiger partial charge in [0.25, 0.3) is 0 Å². The van der Waals surface area contributed by atoms with Gasteiger partial charge in [0.2, 0.25) is 0 Å². The molecule has 1 aliphatic rings. The van der Waals surface area contributed by atoms with E-state index in [1.54, 1.807) is 12.1 Å². The minimum atomic E-state index is 0.0911. The number of fused-ring (bicyclic) bond motifs is 1. The molecule has 1 aliphatic carbocycles. The van der Waals surface area contributed by atoms with Crippen LogP contribution in [0.4, 0.5) is 0 Å². The second-order valence-corrected chi connectivity index (χ2v) is 5.08. The normalized spacial score (nSPS) is 17.2. The van der Waals surface area contributed by atoms with Crippen molar-refractivity contribution < 1.29 is 5.11 Å². The highest BCUT2D eigenvalue weighted by Gasteiger charge is 2.37. The lowest BCUT2D eigenvalue weighted by molar-refractivity contribution is 0.476. The number of rotatable bonds is 3. The molecule has 1 saturated carbocycles. The lowest BCUT2D eigenvalue weighted by Crippen LogP contribution is -2.22. The minimum Gasteiger partial charge on any atom is -0.508 e. The third kappa shape index (κ3) is 2.24. The molecule has 0 spiro atoms. The van der Waals surface area contributed by atoms with Crippen LogP contribution in [0.1, 0.15) is 24.8 Å². The molecule has 0 radical (unpaired) electrons. The third-order valence-corrected chi connectivity index (χ3v) is 3.53. The first-order chi connectivity index (χ1) is 8.15. The summed E-state index contributed by atoms with van der Waals surface area (Å²) in [6.07, 6.45) is 6.20. The van der Waals surface area contributed by atoms with Crippen LogP contribution < -0.4 is 5.73 Å². The number of aryl methyl sites for hydroxylation is 1. The summed E-state index contributed by atoms with van der Waals surface area (Å²) in [6.45, 7) is 0. The molecule has 1 heterocycles. The van der Waals surface area contributed by atoms with Crippen molar-refractivity contribution >= 4 is 10.9 Å².